The Morgan fingerprint density at radius 1 is 1.57 bits per heavy atom. The molecule has 14 heavy (non-hydrogen) atoms. The molecule has 0 spiro atoms. The number of nitrogens with zero attached hydrogens (tertiary/aromatic N) is 1. The second-order valence-corrected chi connectivity index (χ2v) is 3.25. The molecule has 1 atom stereocenters. The summed E-state index contributed by atoms with van der Waals surface area (Å²) in [5.41, 5.74) is 0. The zero-order chi connectivity index (χ0) is 10.6. The molecule has 5 heteroatoms. The molecule has 1 aliphatic heterocycles. The van der Waals surface area contributed by atoms with Crippen LogP contribution >= 0.6 is 0 Å². The fourth-order valence-electron chi connectivity index (χ4n) is 1.58. The van der Waals surface area contributed by atoms with Gasteiger partial charge in [-0.2, -0.15) is 0 Å². The van der Waals surface area contributed by atoms with Gasteiger partial charge >= 0.3 is 6.09 Å². The average Bonchev–Trinajstić information content (AvgIpc) is 2.51. The van der Waals surface area contributed by atoms with Crippen LogP contribution in [0.1, 0.15) is 26.7 Å². The SMILES string of the molecule is CCOC(=O)N1CCCC1NC(C)=O. The van der Waals surface area contributed by atoms with Crippen molar-refractivity contribution in [1.29, 1.82) is 0 Å². The molecule has 1 aliphatic rings. The van der Waals surface area contributed by atoms with Gasteiger partial charge in [0.15, 0.2) is 0 Å². The number of likely N-dealkylation sites (tertiary alicyclic amines) is 1. The summed E-state index contributed by atoms with van der Waals surface area (Å²) in [6, 6.07) is 0. The first-order chi connectivity index (χ1) is 6.65. The van der Waals surface area contributed by atoms with Crippen LogP contribution in [0.3, 0.4) is 0 Å². The van der Waals surface area contributed by atoms with E-state index in [1.807, 2.05) is 0 Å². The highest BCUT2D eigenvalue weighted by Gasteiger charge is 2.29. The third-order valence-electron chi connectivity index (χ3n) is 2.12. The Morgan fingerprint density at radius 3 is 2.86 bits per heavy atom. The average molecular weight is 200 g/mol. The molecule has 0 aromatic carbocycles. The molecule has 1 fully saturated rings. The molecule has 0 radical (unpaired) electrons. The van der Waals surface area contributed by atoms with Crippen LogP contribution in [0.15, 0.2) is 0 Å². The molecule has 1 unspecified atom stereocenters. The van der Waals surface area contributed by atoms with Gasteiger partial charge in [0.2, 0.25) is 5.91 Å². The largest absolute Gasteiger partial charge is 0.450 e. The van der Waals surface area contributed by atoms with Gasteiger partial charge in [0.25, 0.3) is 0 Å². The van der Waals surface area contributed by atoms with Gasteiger partial charge in [0.1, 0.15) is 6.17 Å². The highest BCUT2D eigenvalue weighted by Crippen LogP contribution is 2.15. The number of carbonyl (C=O) groups is 2. The maximum Gasteiger partial charge on any atom is 0.411 e. The van der Waals surface area contributed by atoms with Crippen LogP contribution in [0.4, 0.5) is 4.79 Å². The first kappa shape index (κ1) is 10.8. The van der Waals surface area contributed by atoms with Gasteiger partial charge in [-0.3, -0.25) is 9.69 Å². The summed E-state index contributed by atoms with van der Waals surface area (Å²) in [6.07, 6.45) is 1.18. The highest BCUT2D eigenvalue weighted by atomic mass is 16.6. The van der Waals surface area contributed by atoms with E-state index in [2.05, 4.69) is 5.32 Å². The summed E-state index contributed by atoms with van der Waals surface area (Å²) in [6.45, 7) is 4.23. The molecule has 2 amide bonds. The number of hydrogen-bond donors (Lipinski definition) is 1. The van der Waals surface area contributed by atoms with Crippen LogP contribution in [-0.4, -0.2) is 36.2 Å². The van der Waals surface area contributed by atoms with Crippen molar-refractivity contribution in [3.63, 3.8) is 0 Å². The Labute approximate surface area is 83.4 Å². The topological polar surface area (TPSA) is 58.6 Å². The predicted molar refractivity (Wildman–Crippen MR) is 50.6 cm³/mol. The van der Waals surface area contributed by atoms with Crippen LogP contribution in [0.25, 0.3) is 0 Å². The Kier molecular flexibility index (Phi) is 3.73. The van der Waals surface area contributed by atoms with E-state index in [4.69, 9.17) is 4.74 Å². The third kappa shape index (κ3) is 2.61. The standard InChI is InChI=1S/C9H16N2O3/c1-3-14-9(13)11-6-4-5-8(11)10-7(2)12/h8H,3-6H2,1-2H3,(H,10,12). The summed E-state index contributed by atoms with van der Waals surface area (Å²) in [5.74, 6) is -0.119. The summed E-state index contributed by atoms with van der Waals surface area (Å²) >= 11 is 0. The first-order valence-corrected chi connectivity index (χ1v) is 4.85. The number of amides is 2. The van der Waals surface area contributed by atoms with Crippen molar-refractivity contribution >= 4 is 12.0 Å². The van der Waals surface area contributed by atoms with Gasteiger partial charge in [-0.25, -0.2) is 4.79 Å². The molecule has 1 heterocycles. The lowest BCUT2D eigenvalue weighted by Crippen LogP contribution is -2.46. The maximum absolute atomic E-state index is 11.4. The van der Waals surface area contributed by atoms with E-state index in [1.165, 1.54) is 6.92 Å². The van der Waals surface area contributed by atoms with Gasteiger partial charge in [-0.15, -0.1) is 0 Å². The summed E-state index contributed by atoms with van der Waals surface area (Å²) < 4.78 is 4.87. The van der Waals surface area contributed by atoms with Crippen molar-refractivity contribution in [1.82, 2.24) is 10.2 Å². The van der Waals surface area contributed by atoms with E-state index >= 15 is 0 Å². The van der Waals surface area contributed by atoms with E-state index in [0.717, 1.165) is 12.8 Å². The molecule has 5 nitrogen and oxygen atoms in total. The molecule has 0 aliphatic carbocycles. The zero-order valence-electron chi connectivity index (χ0n) is 8.58. The Morgan fingerprint density at radius 2 is 2.29 bits per heavy atom. The fraction of sp³-hybridized carbons (Fsp3) is 0.778. The first-order valence-electron chi connectivity index (χ1n) is 4.85. The van der Waals surface area contributed by atoms with Crippen LogP contribution in [0.2, 0.25) is 0 Å². The lowest BCUT2D eigenvalue weighted by atomic mass is 10.3. The van der Waals surface area contributed by atoms with Crippen molar-refractivity contribution < 1.29 is 14.3 Å². The number of carbonyl (C=O) groups excluding carboxylic acids is 2. The molecular formula is C9H16N2O3. The highest BCUT2D eigenvalue weighted by molar-refractivity contribution is 5.74. The van der Waals surface area contributed by atoms with E-state index in [9.17, 15) is 9.59 Å². The van der Waals surface area contributed by atoms with E-state index in [0.29, 0.717) is 13.2 Å². The second kappa shape index (κ2) is 4.83. The van der Waals surface area contributed by atoms with Gasteiger partial charge < -0.3 is 10.1 Å². The number of hydrogen-bond acceptors (Lipinski definition) is 3. The maximum atomic E-state index is 11.4. The van der Waals surface area contributed by atoms with Crippen LogP contribution in [0, 0.1) is 0 Å². The lowest BCUT2D eigenvalue weighted by Gasteiger charge is -2.23. The lowest BCUT2D eigenvalue weighted by molar-refractivity contribution is -0.120. The van der Waals surface area contributed by atoms with Gasteiger partial charge in [0.05, 0.1) is 6.61 Å². The molecule has 0 aromatic rings. The normalized spacial score (nSPS) is 20.7. The Bertz CT molecular complexity index is 230. The molecule has 0 bridgehead atoms. The van der Waals surface area contributed by atoms with Gasteiger partial charge in [-0.1, -0.05) is 0 Å². The van der Waals surface area contributed by atoms with Crippen molar-refractivity contribution in [2.45, 2.75) is 32.9 Å². The molecule has 1 rings (SSSR count). The fourth-order valence-corrected chi connectivity index (χ4v) is 1.58. The van der Waals surface area contributed by atoms with Crippen molar-refractivity contribution in [2.24, 2.45) is 0 Å². The van der Waals surface area contributed by atoms with Crippen LogP contribution < -0.4 is 5.32 Å². The molecule has 1 saturated heterocycles. The Balaban J connectivity index is 2.50. The van der Waals surface area contributed by atoms with Crippen molar-refractivity contribution in [3.05, 3.63) is 0 Å². The predicted octanol–water partition coefficient (Wildman–Crippen LogP) is 0.701. The molecule has 1 N–H and O–H groups in total. The number of nitrogens with one attached hydrogen (secondary N) is 1. The quantitative estimate of drug-likeness (QED) is 0.713. The van der Waals surface area contributed by atoms with Gasteiger partial charge in [-0.05, 0) is 19.8 Å². The molecule has 80 valence electrons. The zero-order valence-corrected chi connectivity index (χ0v) is 8.58. The molecular weight excluding hydrogens is 184 g/mol. The number of rotatable bonds is 2. The summed E-state index contributed by atoms with van der Waals surface area (Å²) in [5, 5.41) is 2.72. The van der Waals surface area contributed by atoms with Crippen molar-refractivity contribution in [3.8, 4) is 0 Å². The van der Waals surface area contributed by atoms with Crippen LogP contribution in [-0.2, 0) is 9.53 Å². The van der Waals surface area contributed by atoms with E-state index < -0.39 is 0 Å². The van der Waals surface area contributed by atoms with E-state index in [-0.39, 0.29) is 18.2 Å². The second-order valence-electron chi connectivity index (χ2n) is 3.25. The number of ether oxygens (including phenoxy) is 1. The third-order valence-corrected chi connectivity index (χ3v) is 2.12. The summed E-state index contributed by atoms with van der Waals surface area (Å²) in [7, 11) is 0. The van der Waals surface area contributed by atoms with E-state index in [1.54, 1.807) is 11.8 Å². The monoisotopic (exact) mass is 200 g/mol. The molecule has 0 aromatic heterocycles. The van der Waals surface area contributed by atoms with Gasteiger partial charge in [0, 0.05) is 13.5 Å². The van der Waals surface area contributed by atoms with Crippen LogP contribution in [0.5, 0.6) is 0 Å². The minimum atomic E-state index is -0.344. The Hall–Kier alpha value is -1.26. The smallest absolute Gasteiger partial charge is 0.411 e. The molecule has 0 saturated carbocycles. The summed E-state index contributed by atoms with van der Waals surface area (Å²) in [4.78, 5) is 23.8. The van der Waals surface area contributed by atoms with Crippen molar-refractivity contribution in [2.75, 3.05) is 13.2 Å². The minimum Gasteiger partial charge on any atom is -0.450 e. The minimum absolute atomic E-state index is 0.119.